The first-order chi connectivity index (χ1) is 8.24. The normalized spacial score (nSPS) is 10.8. The summed E-state index contributed by atoms with van der Waals surface area (Å²) in [5.74, 6) is 1.68. The van der Waals surface area contributed by atoms with Gasteiger partial charge in [0.2, 0.25) is 0 Å². The van der Waals surface area contributed by atoms with E-state index in [2.05, 4.69) is 43.1 Å². The fourth-order valence-corrected chi connectivity index (χ4v) is 1.81. The van der Waals surface area contributed by atoms with Gasteiger partial charge in [0.1, 0.15) is 11.5 Å². The summed E-state index contributed by atoms with van der Waals surface area (Å²) >= 11 is 0. The minimum atomic E-state index is 0.566. The van der Waals surface area contributed by atoms with Crippen molar-refractivity contribution in [2.75, 3.05) is 6.54 Å². The van der Waals surface area contributed by atoms with Crippen molar-refractivity contribution in [3.05, 3.63) is 41.5 Å². The van der Waals surface area contributed by atoms with Crippen LogP contribution >= 0.6 is 0 Å². The number of hydrogen-bond acceptors (Lipinski definition) is 3. The van der Waals surface area contributed by atoms with Crippen molar-refractivity contribution in [2.45, 2.75) is 26.7 Å². The first-order valence-electron chi connectivity index (χ1n) is 6.00. The molecule has 0 aliphatic heterocycles. The van der Waals surface area contributed by atoms with Crippen molar-refractivity contribution in [3.8, 4) is 11.3 Å². The van der Waals surface area contributed by atoms with Gasteiger partial charge in [0.05, 0.1) is 0 Å². The van der Waals surface area contributed by atoms with Gasteiger partial charge in [-0.15, -0.1) is 0 Å². The van der Waals surface area contributed by atoms with E-state index >= 15 is 0 Å². The first-order valence-corrected chi connectivity index (χ1v) is 6.00. The molecule has 0 unspecified atom stereocenters. The monoisotopic (exact) mass is 230 g/mol. The number of benzene rings is 1. The third-order valence-electron chi connectivity index (χ3n) is 2.75. The zero-order chi connectivity index (χ0) is 12.3. The van der Waals surface area contributed by atoms with E-state index < -0.39 is 0 Å². The van der Waals surface area contributed by atoms with Crippen LogP contribution in [0.4, 0.5) is 0 Å². The minimum absolute atomic E-state index is 0.566. The van der Waals surface area contributed by atoms with Gasteiger partial charge in [-0.05, 0) is 6.92 Å². The smallest absolute Gasteiger partial charge is 0.196 e. The van der Waals surface area contributed by atoms with Gasteiger partial charge in [0.15, 0.2) is 5.89 Å². The molecule has 0 spiro atoms. The summed E-state index contributed by atoms with van der Waals surface area (Å²) in [6.45, 7) is 4.72. The lowest BCUT2D eigenvalue weighted by molar-refractivity contribution is 0.460. The Morgan fingerprint density at radius 2 is 1.94 bits per heavy atom. The minimum Gasteiger partial charge on any atom is -0.445 e. The molecular weight excluding hydrogens is 212 g/mol. The Morgan fingerprint density at radius 3 is 2.53 bits per heavy atom. The second-order valence-electron chi connectivity index (χ2n) is 4.14. The predicted molar refractivity (Wildman–Crippen MR) is 68.8 cm³/mol. The van der Waals surface area contributed by atoms with Crippen molar-refractivity contribution < 1.29 is 4.42 Å². The van der Waals surface area contributed by atoms with Gasteiger partial charge in [-0.25, -0.2) is 4.98 Å². The van der Waals surface area contributed by atoms with Crippen LogP contribution in [0.5, 0.6) is 0 Å². The first kappa shape index (κ1) is 11.9. The number of nitrogens with zero attached hydrogens (tertiary/aromatic N) is 1. The van der Waals surface area contributed by atoms with Crippen LogP contribution in [0.15, 0.2) is 28.7 Å². The second kappa shape index (κ2) is 5.15. The zero-order valence-electron chi connectivity index (χ0n) is 10.4. The Hall–Kier alpha value is -1.61. The Morgan fingerprint density at radius 1 is 1.24 bits per heavy atom. The summed E-state index contributed by atoms with van der Waals surface area (Å²) in [4.78, 5) is 4.52. The second-order valence-corrected chi connectivity index (χ2v) is 4.14. The van der Waals surface area contributed by atoms with Crippen LogP contribution in [0, 0.1) is 6.92 Å². The fourth-order valence-electron chi connectivity index (χ4n) is 1.81. The van der Waals surface area contributed by atoms with Crippen LogP contribution in [0.3, 0.4) is 0 Å². The summed E-state index contributed by atoms with van der Waals surface area (Å²) in [6.07, 6.45) is 1.54. The SMILES string of the molecule is CCc1oc(CCN)nc1-c1ccc(C)cc1. The van der Waals surface area contributed by atoms with Crippen molar-refractivity contribution in [2.24, 2.45) is 5.73 Å². The van der Waals surface area contributed by atoms with E-state index in [9.17, 15) is 0 Å². The third-order valence-corrected chi connectivity index (χ3v) is 2.75. The van der Waals surface area contributed by atoms with E-state index in [4.69, 9.17) is 10.2 Å². The quantitative estimate of drug-likeness (QED) is 0.878. The van der Waals surface area contributed by atoms with E-state index in [0.717, 1.165) is 29.3 Å². The number of aryl methyl sites for hydroxylation is 2. The van der Waals surface area contributed by atoms with Gasteiger partial charge >= 0.3 is 0 Å². The van der Waals surface area contributed by atoms with E-state index in [1.807, 2.05) is 0 Å². The molecule has 0 fully saturated rings. The number of rotatable bonds is 4. The highest BCUT2D eigenvalue weighted by molar-refractivity contribution is 5.61. The molecule has 0 saturated heterocycles. The van der Waals surface area contributed by atoms with Crippen molar-refractivity contribution in [3.63, 3.8) is 0 Å². The van der Waals surface area contributed by atoms with Gasteiger partial charge in [-0.2, -0.15) is 0 Å². The summed E-state index contributed by atoms with van der Waals surface area (Å²) < 4.78 is 5.70. The molecule has 1 aromatic heterocycles. The molecule has 2 rings (SSSR count). The lowest BCUT2D eigenvalue weighted by Gasteiger charge is -1.99. The number of nitrogens with two attached hydrogens (primary N) is 1. The molecule has 0 radical (unpaired) electrons. The van der Waals surface area contributed by atoms with Crippen LogP contribution in [0.1, 0.15) is 24.1 Å². The van der Waals surface area contributed by atoms with Crippen molar-refractivity contribution in [1.82, 2.24) is 4.98 Å². The standard InChI is InChI=1S/C14H18N2O/c1-3-12-14(16-13(17-12)8-9-15)11-6-4-10(2)5-7-11/h4-7H,3,8-9,15H2,1-2H3. The van der Waals surface area contributed by atoms with Crippen LogP contribution in [-0.2, 0) is 12.8 Å². The summed E-state index contributed by atoms with van der Waals surface area (Å²) in [6, 6.07) is 8.34. The lowest BCUT2D eigenvalue weighted by atomic mass is 10.1. The summed E-state index contributed by atoms with van der Waals surface area (Å²) in [5.41, 5.74) is 8.83. The van der Waals surface area contributed by atoms with Gasteiger partial charge in [-0.3, -0.25) is 0 Å². The topological polar surface area (TPSA) is 52.0 Å². The van der Waals surface area contributed by atoms with Crippen LogP contribution < -0.4 is 5.73 Å². The molecule has 0 bridgehead atoms. The molecule has 0 atom stereocenters. The van der Waals surface area contributed by atoms with Gasteiger partial charge in [0, 0.05) is 24.9 Å². The fraction of sp³-hybridized carbons (Fsp3) is 0.357. The molecule has 2 aromatic rings. The van der Waals surface area contributed by atoms with Gasteiger partial charge < -0.3 is 10.2 Å². The molecular formula is C14H18N2O. The van der Waals surface area contributed by atoms with Gasteiger partial charge in [-0.1, -0.05) is 36.8 Å². The summed E-state index contributed by atoms with van der Waals surface area (Å²) in [7, 11) is 0. The average molecular weight is 230 g/mol. The van der Waals surface area contributed by atoms with E-state index in [1.165, 1.54) is 5.56 Å². The Labute approximate surface area is 102 Å². The van der Waals surface area contributed by atoms with E-state index in [1.54, 1.807) is 0 Å². The predicted octanol–water partition coefficient (Wildman–Crippen LogP) is 2.71. The largest absolute Gasteiger partial charge is 0.445 e. The Kier molecular flexibility index (Phi) is 3.59. The molecule has 0 saturated carbocycles. The molecule has 3 heteroatoms. The Bertz CT molecular complexity index is 485. The maximum atomic E-state index is 5.70. The maximum absolute atomic E-state index is 5.70. The third kappa shape index (κ3) is 2.56. The molecule has 3 nitrogen and oxygen atoms in total. The molecule has 0 aliphatic rings. The highest BCUT2D eigenvalue weighted by Crippen LogP contribution is 2.24. The maximum Gasteiger partial charge on any atom is 0.196 e. The van der Waals surface area contributed by atoms with Crippen LogP contribution in [-0.4, -0.2) is 11.5 Å². The van der Waals surface area contributed by atoms with Gasteiger partial charge in [0.25, 0.3) is 0 Å². The summed E-state index contributed by atoms with van der Waals surface area (Å²) in [5, 5.41) is 0. The Balaban J connectivity index is 2.39. The number of oxazole rings is 1. The molecule has 0 amide bonds. The highest BCUT2D eigenvalue weighted by atomic mass is 16.4. The molecule has 90 valence electrons. The van der Waals surface area contributed by atoms with Crippen molar-refractivity contribution >= 4 is 0 Å². The van der Waals surface area contributed by atoms with E-state index in [-0.39, 0.29) is 0 Å². The molecule has 2 N–H and O–H groups in total. The number of hydrogen-bond donors (Lipinski definition) is 1. The zero-order valence-corrected chi connectivity index (χ0v) is 10.4. The van der Waals surface area contributed by atoms with Crippen LogP contribution in [0.2, 0.25) is 0 Å². The van der Waals surface area contributed by atoms with Crippen molar-refractivity contribution in [1.29, 1.82) is 0 Å². The molecule has 1 heterocycles. The molecule has 1 aromatic carbocycles. The van der Waals surface area contributed by atoms with Crippen LogP contribution in [0.25, 0.3) is 11.3 Å². The van der Waals surface area contributed by atoms with E-state index in [0.29, 0.717) is 13.0 Å². The highest BCUT2D eigenvalue weighted by Gasteiger charge is 2.12. The molecule has 17 heavy (non-hydrogen) atoms. The average Bonchev–Trinajstić information content (AvgIpc) is 2.74. The number of aromatic nitrogens is 1. The lowest BCUT2D eigenvalue weighted by Crippen LogP contribution is -2.02. The molecule has 0 aliphatic carbocycles.